The molecule has 3 N–H and O–H groups in total. The molecule has 4 heterocycles. The van der Waals surface area contributed by atoms with Gasteiger partial charge in [0, 0.05) is 43.7 Å². The Morgan fingerprint density at radius 1 is 1.00 bits per heavy atom. The third-order valence-corrected chi connectivity index (χ3v) is 6.82. The molecule has 0 amide bonds. The van der Waals surface area contributed by atoms with Crippen LogP contribution in [0.2, 0.25) is 0 Å². The van der Waals surface area contributed by atoms with Crippen molar-refractivity contribution in [2.75, 3.05) is 36.9 Å². The van der Waals surface area contributed by atoms with Gasteiger partial charge in [-0.3, -0.25) is 9.36 Å². The van der Waals surface area contributed by atoms with Crippen LogP contribution in [0.1, 0.15) is 17.3 Å². The number of halogens is 2. The van der Waals surface area contributed by atoms with Crippen LogP contribution in [0.25, 0.3) is 11.2 Å². The highest BCUT2D eigenvalue weighted by molar-refractivity contribution is 5.86. The van der Waals surface area contributed by atoms with Crippen molar-refractivity contribution in [3.05, 3.63) is 111 Å². The molecule has 0 spiro atoms. The first kappa shape index (κ1) is 30.0. The summed E-state index contributed by atoms with van der Waals surface area (Å²) < 4.78 is 41.7. The summed E-state index contributed by atoms with van der Waals surface area (Å²) in [5.74, 6) is -1.77. The molecule has 0 saturated carbocycles. The number of benzene rings is 2. The number of hydrogen-bond donors (Lipinski definition) is 2. The number of pyridine rings is 1. The predicted octanol–water partition coefficient (Wildman–Crippen LogP) is 3.54. The van der Waals surface area contributed by atoms with Crippen LogP contribution >= 0.6 is 0 Å². The molecular formula is C30H28F2N6O6. The largest absolute Gasteiger partial charge is 0.477 e. The minimum absolute atomic E-state index is 0.117. The number of aryl methyl sites for hydroxylation is 1. The maximum atomic E-state index is 14.1. The standard InChI is InChI=1S/C17H17FN4O2.C13H11FN2O4/c18-14-9-12(19)1-2-16(14)24-17-10-13(21-5-7-23-8-6-21)11-22-15(17)3-4-20-22;1-2-15-7-10(12(18)19)11(17)16(13(15)20)9-5-3-8(14)4-6-9/h1-4,9-11H,5-8,19H2;3-7H,2H2,1H3,(H,18,19). The molecule has 1 aliphatic rings. The van der Waals surface area contributed by atoms with Crippen molar-refractivity contribution in [3.8, 4) is 17.2 Å². The molecule has 2 aromatic carbocycles. The SMILES string of the molecule is CCn1cc(C(=O)O)c(=O)n(-c2ccc(F)cc2)c1=O.Nc1ccc(Oc2cc(N3CCOCC3)cn3nccc23)c(F)c1. The summed E-state index contributed by atoms with van der Waals surface area (Å²) >= 11 is 0. The number of nitrogens with two attached hydrogens (primary N) is 1. The van der Waals surface area contributed by atoms with Gasteiger partial charge >= 0.3 is 11.7 Å². The van der Waals surface area contributed by atoms with Gasteiger partial charge < -0.3 is 25.2 Å². The van der Waals surface area contributed by atoms with E-state index in [1.165, 1.54) is 24.3 Å². The van der Waals surface area contributed by atoms with Gasteiger partial charge in [0.05, 0.1) is 37.0 Å². The van der Waals surface area contributed by atoms with Crippen molar-refractivity contribution in [2.45, 2.75) is 13.5 Å². The number of nitrogens with zero attached hydrogens (tertiary/aromatic N) is 5. The van der Waals surface area contributed by atoms with E-state index in [4.69, 9.17) is 20.3 Å². The highest BCUT2D eigenvalue weighted by Gasteiger charge is 2.18. The second-order valence-corrected chi connectivity index (χ2v) is 9.65. The van der Waals surface area contributed by atoms with Crippen molar-refractivity contribution < 1.29 is 28.2 Å². The molecule has 0 bridgehead atoms. The molecule has 0 unspecified atom stereocenters. The lowest BCUT2D eigenvalue weighted by molar-refractivity contribution is 0.0693. The van der Waals surface area contributed by atoms with Gasteiger partial charge in [-0.05, 0) is 49.4 Å². The number of fused-ring (bicyclic) bond motifs is 1. The van der Waals surface area contributed by atoms with E-state index in [2.05, 4.69) is 10.00 Å². The Balaban J connectivity index is 0.000000178. The van der Waals surface area contributed by atoms with Crippen LogP contribution in [-0.2, 0) is 11.3 Å². The molecule has 1 fully saturated rings. The summed E-state index contributed by atoms with van der Waals surface area (Å²) in [7, 11) is 0. The van der Waals surface area contributed by atoms with Gasteiger partial charge in [0.2, 0.25) is 0 Å². The average Bonchev–Trinajstić information content (AvgIpc) is 3.49. The Bertz CT molecular complexity index is 1930. The van der Waals surface area contributed by atoms with E-state index in [-0.39, 0.29) is 18.0 Å². The molecule has 228 valence electrons. The molecule has 14 heteroatoms. The second kappa shape index (κ2) is 12.8. The average molecular weight is 607 g/mol. The number of anilines is 2. The van der Waals surface area contributed by atoms with E-state index in [1.54, 1.807) is 23.7 Å². The van der Waals surface area contributed by atoms with E-state index in [0.29, 0.717) is 29.2 Å². The van der Waals surface area contributed by atoms with Crippen molar-refractivity contribution in [1.29, 1.82) is 0 Å². The summed E-state index contributed by atoms with van der Waals surface area (Å²) in [5.41, 5.74) is 5.65. The number of carboxylic acid groups (broad SMARTS) is 1. The Morgan fingerprint density at radius 2 is 1.73 bits per heavy atom. The smallest absolute Gasteiger partial charge is 0.342 e. The summed E-state index contributed by atoms with van der Waals surface area (Å²) in [4.78, 5) is 37.4. The van der Waals surface area contributed by atoms with Gasteiger partial charge in [0.1, 0.15) is 16.9 Å². The molecule has 3 aromatic heterocycles. The minimum atomic E-state index is -1.42. The zero-order valence-corrected chi connectivity index (χ0v) is 23.5. The number of aromatic nitrogens is 4. The van der Waals surface area contributed by atoms with Crippen LogP contribution in [0.3, 0.4) is 0 Å². The van der Waals surface area contributed by atoms with E-state index < -0.39 is 34.4 Å². The number of carbonyl (C=O) groups is 1. The molecule has 6 rings (SSSR count). The molecule has 0 radical (unpaired) electrons. The van der Waals surface area contributed by atoms with Crippen LogP contribution in [-0.4, -0.2) is 56.1 Å². The van der Waals surface area contributed by atoms with E-state index in [1.807, 2.05) is 18.3 Å². The fourth-order valence-corrected chi connectivity index (χ4v) is 4.57. The maximum absolute atomic E-state index is 14.1. The highest BCUT2D eigenvalue weighted by atomic mass is 19.1. The van der Waals surface area contributed by atoms with Gasteiger partial charge in [-0.2, -0.15) is 5.10 Å². The topological polar surface area (TPSA) is 146 Å². The lowest BCUT2D eigenvalue weighted by Crippen LogP contribution is -2.41. The summed E-state index contributed by atoms with van der Waals surface area (Å²) in [5, 5.41) is 13.3. The lowest BCUT2D eigenvalue weighted by atomic mass is 10.2. The quantitative estimate of drug-likeness (QED) is 0.277. The van der Waals surface area contributed by atoms with Crippen LogP contribution in [0.5, 0.6) is 11.5 Å². The number of morpholine rings is 1. The fraction of sp³-hybridized carbons (Fsp3) is 0.200. The van der Waals surface area contributed by atoms with E-state index in [0.717, 1.165) is 47.2 Å². The van der Waals surface area contributed by atoms with Crippen LogP contribution < -0.4 is 26.6 Å². The van der Waals surface area contributed by atoms with Crippen molar-refractivity contribution in [1.82, 2.24) is 18.7 Å². The number of aromatic carboxylic acids is 1. The number of hydrogen-bond acceptors (Lipinski definition) is 8. The minimum Gasteiger partial charge on any atom is -0.477 e. The molecule has 12 nitrogen and oxygen atoms in total. The van der Waals surface area contributed by atoms with Crippen molar-refractivity contribution in [2.24, 2.45) is 0 Å². The van der Waals surface area contributed by atoms with Crippen LogP contribution in [0.4, 0.5) is 20.2 Å². The summed E-state index contributed by atoms with van der Waals surface area (Å²) in [6.07, 6.45) is 4.63. The summed E-state index contributed by atoms with van der Waals surface area (Å²) in [6.45, 7) is 4.80. The maximum Gasteiger partial charge on any atom is 0.342 e. The number of carboxylic acids is 1. The van der Waals surface area contributed by atoms with E-state index in [9.17, 15) is 23.2 Å². The van der Waals surface area contributed by atoms with Crippen molar-refractivity contribution >= 4 is 22.9 Å². The zero-order valence-electron chi connectivity index (χ0n) is 23.5. The third kappa shape index (κ3) is 6.29. The molecule has 1 saturated heterocycles. The molecule has 5 aromatic rings. The molecule has 0 atom stereocenters. The van der Waals surface area contributed by atoms with Crippen molar-refractivity contribution in [3.63, 3.8) is 0 Å². The number of rotatable bonds is 6. The molecule has 1 aliphatic heterocycles. The number of nitrogen functional groups attached to an aromatic ring is 1. The monoisotopic (exact) mass is 606 g/mol. The lowest BCUT2D eigenvalue weighted by Gasteiger charge is -2.29. The molecular weight excluding hydrogens is 578 g/mol. The molecule has 0 aliphatic carbocycles. The fourth-order valence-electron chi connectivity index (χ4n) is 4.57. The Hall–Kier alpha value is -5.50. The zero-order chi connectivity index (χ0) is 31.4. The van der Waals surface area contributed by atoms with Crippen LogP contribution in [0, 0.1) is 11.6 Å². The van der Waals surface area contributed by atoms with Gasteiger partial charge in [0.25, 0.3) is 5.56 Å². The Labute approximate surface area is 248 Å². The Morgan fingerprint density at radius 3 is 2.39 bits per heavy atom. The van der Waals surface area contributed by atoms with Gasteiger partial charge in [-0.15, -0.1) is 0 Å². The highest BCUT2D eigenvalue weighted by Crippen LogP contribution is 2.32. The first-order chi connectivity index (χ1) is 21.2. The normalized spacial score (nSPS) is 12.9. The van der Waals surface area contributed by atoms with Gasteiger partial charge in [-0.1, -0.05) is 0 Å². The van der Waals surface area contributed by atoms with Crippen LogP contribution in [0.15, 0.2) is 82.8 Å². The third-order valence-electron chi connectivity index (χ3n) is 6.82. The van der Waals surface area contributed by atoms with Gasteiger partial charge in [0.15, 0.2) is 17.3 Å². The predicted molar refractivity (Wildman–Crippen MR) is 158 cm³/mol. The Kier molecular flexibility index (Phi) is 8.71. The first-order valence-corrected chi connectivity index (χ1v) is 13.5. The van der Waals surface area contributed by atoms with Gasteiger partial charge in [-0.25, -0.2) is 27.5 Å². The number of ether oxygens (including phenoxy) is 2. The van der Waals surface area contributed by atoms with E-state index >= 15 is 0 Å². The molecule has 44 heavy (non-hydrogen) atoms. The second-order valence-electron chi connectivity index (χ2n) is 9.65. The first-order valence-electron chi connectivity index (χ1n) is 13.5. The summed E-state index contributed by atoms with van der Waals surface area (Å²) in [6, 6.07) is 12.8.